The van der Waals surface area contributed by atoms with Crippen molar-refractivity contribution in [2.45, 2.75) is 5.92 Å². The monoisotopic (exact) mass is 330 g/mol. The smallest absolute Gasteiger partial charge is 0.252 e. The maximum absolute atomic E-state index is 12.7. The Bertz CT molecular complexity index is 822. The van der Waals surface area contributed by atoms with E-state index in [4.69, 9.17) is 0 Å². The maximum atomic E-state index is 12.7. The van der Waals surface area contributed by atoms with Crippen LogP contribution >= 0.6 is 0 Å². The number of aromatic hydroxyl groups is 1. The van der Waals surface area contributed by atoms with Gasteiger partial charge in [0.05, 0.1) is 12.1 Å². The molecule has 2 N–H and O–H groups in total. The second-order valence-corrected chi connectivity index (χ2v) is 5.58. The number of hydrazone groups is 1. The number of phenolic OH excluding ortho intramolecular Hbond substituents is 1. The first-order chi connectivity index (χ1) is 12.2. The van der Waals surface area contributed by atoms with Crippen molar-refractivity contribution >= 4 is 12.1 Å². The molecule has 0 saturated heterocycles. The zero-order valence-electron chi connectivity index (χ0n) is 13.5. The third kappa shape index (κ3) is 4.32. The van der Waals surface area contributed by atoms with Crippen molar-refractivity contribution in [3.8, 4) is 5.75 Å². The molecule has 0 aliphatic carbocycles. The fraction of sp³-hybridized carbons (Fsp3) is 0.0476. The predicted molar refractivity (Wildman–Crippen MR) is 98.6 cm³/mol. The predicted octanol–water partition coefficient (Wildman–Crippen LogP) is 3.67. The summed E-state index contributed by atoms with van der Waals surface area (Å²) >= 11 is 0. The minimum absolute atomic E-state index is 0.154. The minimum atomic E-state index is -0.441. The standard InChI is InChI=1S/C21H18N2O2/c24-19-13-7-8-16(14-19)15-22-23-21(25)20(17-9-3-1-4-10-17)18-11-5-2-6-12-18/h1-15,20,24H,(H,23,25). The molecule has 0 radical (unpaired) electrons. The summed E-state index contributed by atoms with van der Waals surface area (Å²) in [7, 11) is 0. The highest BCUT2D eigenvalue weighted by Crippen LogP contribution is 2.24. The minimum Gasteiger partial charge on any atom is -0.508 e. The van der Waals surface area contributed by atoms with Crippen LogP contribution in [0, 0.1) is 0 Å². The molecule has 3 aromatic carbocycles. The number of hydrogen-bond donors (Lipinski definition) is 2. The van der Waals surface area contributed by atoms with E-state index in [9.17, 15) is 9.90 Å². The molecule has 0 aliphatic heterocycles. The van der Waals surface area contributed by atoms with Gasteiger partial charge >= 0.3 is 0 Å². The van der Waals surface area contributed by atoms with E-state index in [1.54, 1.807) is 24.3 Å². The first-order valence-electron chi connectivity index (χ1n) is 7.96. The summed E-state index contributed by atoms with van der Waals surface area (Å²) in [5, 5.41) is 13.5. The quantitative estimate of drug-likeness (QED) is 0.554. The van der Waals surface area contributed by atoms with Crippen molar-refractivity contribution in [1.29, 1.82) is 0 Å². The molecule has 1 amide bonds. The van der Waals surface area contributed by atoms with Crippen LogP contribution in [-0.2, 0) is 4.79 Å². The third-order valence-electron chi connectivity index (χ3n) is 3.79. The maximum Gasteiger partial charge on any atom is 0.252 e. The Hall–Kier alpha value is -3.40. The first kappa shape index (κ1) is 16.5. The molecule has 0 fully saturated rings. The Balaban J connectivity index is 1.80. The molecule has 3 aromatic rings. The number of carbonyl (C=O) groups is 1. The molecule has 0 atom stereocenters. The molecule has 0 saturated carbocycles. The van der Waals surface area contributed by atoms with Crippen molar-refractivity contribution < 1.29 is 9.90 Å². The number of carbonyl (C=O) groups excluding carboxylic acids is 1. The van der Waals surface area contributed by atoms with Gasteiger partial charge in [0.15, 0.2) is 0 Å². The Kier molecular flexibility index (Phi) is 5.22. The molecule has 0 aromatic heterocycles. The van der Waals surface area contributed by atoms with Crippen LogP contribution < -0.4 is 5.43 Å². The zero-order chi connectivity index (χ0) is 17.5. The fourth-order valence-corrected chi connectivity index (χ4v) is 2.63. The molecule has 0 unspecified atom stereocenters. The molecular weight excluding hydrogens is 312 g/mol. The zero-order valence-corrected chi connectivity index (χ0v) is 13.5. The molecule has 0 heterocycles. The lowest BCUT2D eigenvalue weighted by Gasteiger charge is -2.16. The van der Waals surface area contributed by atoms with E-state index in [1.165, 1.54) is 6.21 Å². The lowest BCUT2D eigenvalue weighted by atomic mass is 9.91. The van der Waals surface area contributed by atoms with Gasteiger partial charge in [0.1, 0.15) is 5.75 Å². The van der Waals surface area contributed by atoms with E-state index in [2.05, 4.69) is 10.5 Å². The molecule has 3 rings (SSSR count). The van der Waals surface area contributed by atoms with Gasteiger partial charge in [-0.2, -0.15) is 5.10 Å². The Morgan fingerprint density at radius 1 is 0.880 bits per heavy atom. The highest BCUT2D eigenvalue weighted by Gasteiger charge is 2.22. The van der Waals surface area contributed by atoms with E-state index >= 15 is 0 Å². The lowest BCUT2D eigenvalue weighted by Crippen LogP contribution is -2.26. The van der Waals surface area contributed by atoms with Crippen LogP contribution in [0.25, 0.3) is 0 Å². The van der Waals surface area contributed by atoms with Gasteiger partial charge in [0.25, 0.3) is 5.91 Å². The molecular formula is C21H18N2O2. The Morgan fingerprint density at radius 2 is 1.48 bits per heavy atom. The van der Waals surface area contributed by atoms with E-state index < -0.39 is 5.92 Å². The molecule has 0 aliphatic rings. The number of phenols is 1. The van der Waals surface area contributed by atoms with Crippen LogP contribution in [0.1, 0.15) is 22.6 Å². The summed E-state index contributed by atoms with van der Waals surface area (Å²) in [5.74, 6) is -0.501. The second-order valence-electron chi connectivity index (χ2n) is 5.58. The number of nitrogens with zero attached hydrogens (tertiary/aromatic N) is 1. The fourth-order valence-electron chi connectivity index (χ4n) is 2.63. The Labute approximate surface area is 146 Å². The largest absolute Gasteiger partial charge is 0.508 e. The highest BCUT2D eigenvalue weighted by molar-refractivity contribution is 5.88. The lowest BCUT2D eigenvalue weighted by molar-refractivity contribution is -0.121. The molecule has 4 nitrogen and oxygen atoms in total. The van der Waals surface area contributed by atoms with Gasteiger partial charge in [-0.3, -0.25) is 4.79 Å². The van der Waals surface area contributed by atoms with Crippen LogP contribution in [0.5, 0.6) is 5.75 Å². The summed E-state index contributed by atoms with van der Waals surface area (Å²) in [4.78, 5) is 12.7. The van der Waals surface area contributed by atoms with Gasteiger partial charge in [-0.05, 0) is 28.8 Å². The first-order valence-corrected chi connectivity index (χ1v) is 7.96. The molecule has 0 spiro atoms. The summed E-state index contributed by atoms with van der Waals surface area (Å²) in [6.45, 7) is 0. The Morgan fingerprint density at radius 3 is 2.04 bits per heavy atom. The van der Waals surface area contributed by atoms with E-state index in [0.717, 1.165) is 11.1 Å². The van der Waals surface area contributed by atoms with Gasteiger partial charge < -0.3 is 5.11 Å². The van der Waals surface area contributed by atoms with Crippen LogP contribution in [0.3, 0.4) is 0 Å². The SMILES string of the molecule is O=C(NN=Cc1cccc(O)c1)C(c1ccccc1)c1ccccc1. The van der Waals surface area contributed by atoms with Crippen molar-refractivity contribution in [1.82, 2.24) is 5.43 Å². The van der Waals surface area contributed by atoms with Gasteiger partial charge in [-0.15, -0.1) is 0 Å². The molecule has 25 heavy (non-hydrogen) atoms. The number of rotatable bonds is 5. The normalized spacial score (nSPS) is 10.9. The number of hydrogen-bond acceptors (Lipinski definition) is 3. The van der Waals surface area contributed by atoms with Crippen LogP contribution in [0.4, 0.5) is 0 Å². The van der Waals surface area contributed by atoms with Crippen LogP contribution in [-0.4, -0.2) is 17.2 Å². The van der Waals surface area contributed by atoms with E-state index in [1.807, 2.05) is 60.7 Å². The summed E-state index contributed by atoms with van der Waals surface area (Å²) in [5.41, 5.74) is 5.10. The van der Waals surface area contributed by atoms with E-state index in [0.29, 0.717) is 5.56 Å². The third-order valence-corrected chi connectivity index (χ3v) is 3.79. The summed E-state index contributed by atoms with van der Waals surface area (Å²) in [6, 6.07) is 25.9. The van der Waals surface area contributed by atoms with Gasteiger partial charge in [0, 0.05) is 0 Å². The van der Waals surface area contributed by atoms with Gasteiger partial charge in [-0.25, -0.2) is 5.43 Å². The number of amides is 1. The topological polar surface area (TPSA) is 61.7 Å². The molecule has 0 bridgehead atoms. The van der Waals surface area contributed by atoms with Crippen molar-refractivity contribution in [3.63, 3.8) is 0 Å². The number of benzene rings is 3. The average molecular weight is 330 g/mol. The molecule has 124 valence electrons. The average Bonchev–Trinajstić information content (AvgIpc) is 2.64. The van der Waals surface area contributed by atoms with Crippen molar-refractivity contribution in [2.24, 2.45) is 5.10 Å². The second kappa shape index (κ2) is 7.93. The van der Waals surface area contributed by atoms with Crippen molar-refractivity contribution in [3.05, 3.63) is 102 Å². The van der Waals surface area contributed by atoms with E-state index in [-0.39, 0.29) is 11.7 Å². The van der Waals surface area contributed by atoms with Crippen molar-refractivity contribution in [2.75, 3.05) is 0 Å². The molecule has 4 heteroatoms. The van der Waals surface area contributed by atoms with Gasteiger partial charge in [-0.1, -0.05) is 72.8 Å². The number of nitrogens with one attached hydrogen (secondary N) is 1. The van der Waals surface area contributed by atoms with Crippen LogP contribution in [0.15, 0.2) is 90.0 Å². The summed E-state index contributed by atoms with van der Waals surface area (Å²) < 4.78 is 0. The summed E-state index contributed by atoms with van der Waals surface area (Å²) in [6.07, 6.45) is 1.50. The highest BCUT2D eigenvalue weighted by atomic mass is 16.3. The van der Waals surface area contributed by atoms with Crippen LogP contribution in [0.2, 0.25) is 0 Å². The van der Waals surface area contributed by atoms with Gasteiger partial charge in [0.2, 0.25) is 0 Å².